The molecule has 0 radical (unpaired) electrons. The van der Waals surface area contributed by atoms with E-state index in [1.165, 1.54) is 18.9 Å². The van der Waals surface area contributed by atoms with Gasteiger partial charge >= 0.3 is 5.97 Å². The molecule has 0 saturated carbocycles. The largest absolute Gasteiger partial charge is 0.493 e. The second-order valence-corrected chi connectivity index (χ2v) is 8.81. The molecule has 0 fully saturated rings. The molecule has 0 spiro atoms. The number of nitrogens with one attached hydrogen (secondary N) is 1. The number of thioether (sulfide) groups is 1. The summed E-state index contributed by atoms with van der Waals surface area (Å²) in [5.41, 5.74) is 3.70. The lowest BCUT2D eigenvalue weighted by molar-refractivity contribution is -0.139. The van der Waals surface area contributed by atoms with E-state index in [4.69, 9.17) is 14.2 Å². The van der Waals surface area contributed by atoms with Crippen molar-refractivity contribution in [3.05, 3.63) is 76.5 Å². The van der Waals surface area contributed by atoms with E-state index in [-0.39, 0.29) is 19.1 Å². The zero-order valence-corrected chi connectivity index (χ0v) is 20.8. The number of methoxy groups -OCH3 is 1. The Balaban J connectivity index is 1.55. The van der Waals surface area contributed by atoms with Gasteiger partial charge in [-0.2, -0.15) is 0 Å². The molecule has 1 amide bonds. The molecule has 9 heteroatoms. The number of allylic oxidation sites excluding steroid dienone is 1. The minimum Gasteiger partial charge on any atom is -0.493 e. The zero-order valence-electron chi connectivity index (χ0n) is 20.0. The fraction of sp³-hybridized carbons (Fsp3) is 0.269. The zero-order chi connectivity index (χ0) is 24.9. The van der Waals surface area contributed by atoms with Crippen LogP contribution >= 0.6 is 11.8 Å². The summed E-state index contributed by atoms with van der Waals surface area (Å²) in [7, 11) is 1.53. The number of carbonyl (C=O) groups excluding carboxylic acids is 2. The number of carbonyl (C=O) groups is 2. The maximum Gasteiger partial charge on any atom is 0.338 e. The van der Waals surface area contributed by atoms with Crippen LogP contribution < -0.4 is 14.8 Å². The van der Waals surface area contributed by atoms with Crippen molar-refractivity contribution >= 4 is 34.5 Å². The number of esters is 1. The van der Waals surface area contributed by atoms with Gasteiger partial charge in [-0.05, 0) is 56.0 Å². The van der Waals surface area contributed by atoms with Crippen molar-refractivity contribution in [2.45, 2.75) is 26.8 Å². The van der Waals surface area contributed by atoms with E-state index in [0.29, 0.717) is 28.5 Å². The monoisotopic (exact) mass is 493 g/mol. The molecule has 2 aliphatic heterocycles. The summed E-state index contributed by atoms with van der Waals surface area (Å²) in [4.78, 5) is 31.7. The number of nitrogens with zero attached hydrogens (tertiary/aromatic N) is 2. The number of aryl methyl sites for hydroxylation is 1. The first-order chi connectivity index (χ1) is 16.9. The molecule has 182 valence electrons. The summed E-state index contributed by atoms with van der Waals surface area (Å²) in [5, 5.41) is 5.52. The van der Waals surface area contributed by atoms with E-state index >= 15 is 0 Å². The van der Waals surface area contributed by atoms with Crippen molar-refractivity contribution in [2.24, 2.45) is 4.99 Å². The van der Waals surface area contributed by atoms with Gasteiger partial charge in [-0.1, -0.05) is 35.5 Å². The first kappa shape index (κ1) is 24.4. The van der Waals surface area contributed by atoms with Crippen LogP contribution in [0.1, 0.15) is 31.0 Å². The van der Waals surface area contributed by atoms with E-state index in [2.05, 4.69) is 10.3 Å². The molecule has 0 unspecified atom stereocenters. The molecular weight excluding hydrogens is 466 g/mol. The SMILES string of the molecule is CCOC(=O)C1=C(C)N=C2SC=CN2[C@H]1c1ccc(OCC(=O)Nc2ccc(C)cc2)c(OC)c1. The Morgan fingerprint density at radius 3 is 2.60 bits per heavy atom. The van der Waals surface area contributed by atoms with Gasteiger partial charge in [0.2, 0.25) is 0 Å². The topological polar surface area (TPSA) is 89.5 Å². The van der Waals surface area contributed by atoms with Crippen LogP contribution in [0.25, 0.3) is 0 Å². The van der Waals surface area contributed by atoms with Crippen LogP contribution in [0.4, 0.5) is 5.69 Å². The van der Waals surface area contributed by atoms with Gasteiger partial charge in [-0.15, -0.1) is 0 Å². The lowest BCUT2D eigenvalue weighted by atomic mass is 9.94. The molecule has 35 heavy (non-hydrogen) atoms. The molecule has 0 bridgehead atoms. The Morgan fingerprint density at radius 1 is 1.11 bits per heavy atom. The Bertz CT molecular complexity index is 1220. The standard InChI is InChI=1S/C26H27N3O5S/c1-5-33-25(31)23-17(3)27-26-29(12-13-35-26)24(23)18-8-11-20(21(14-18)32-4)34-15-22(30)28-19-9-6-16(2)7-10-19/h6-14,24H,5,15H2,1-4H3,(H,28,30)/t24-/m0/s1. The predicted octanol–water partition coefficient (Wildman–Crippen LogP) is 4.79. The van der Waals surface area contributed by atoms with Crippen LogP contribution in [-0.4, -0.2) is 42.3 Å². The minimum absolute atomic E-state index is 0.178. The van der Waals surface area contributed by atoms with Crippen LogP contribution in [0.5, 0.6) is 11.5 Å². The second kappa shape index (κ2) is 10.7. The average Bonchev–Trinajstić information content (AvgIpc) is 3.31. The minimum atomic E-state index is -0.430. The fourth-order valence-corrected chi connectivity index (χ4v) is 4.64. The molecular formula is C26H27N3O5S. The van der Waals surface area contributed by atoms with E-state index < -0.39 is 12.0 Å². The summed E-state index contributed by atoms with van der Waals surface area (Å²) < 4.78 is 16.6. The van der Waals surface area contributed by atoms with E-state index in [9.17, 15) is 9.59 Å². The van der Waals surface area contributed by atoms with Crippen molar-refractivity contribution in [3.8, 4) is 11.5 Å². The smallest absolute Gasteiger partial charge is 0.338 e. The number of benzene rings is 2. The quantitative estimate of drug-likeness (QED) is 0.529. The van der Waals surface area contributed by atoms with E-state index in [1.54, 1.807) is 13.0 Å². The molecule has 1 atom stereocenters. The predicted molar refractivity (Wildman–Crippen MR) is 136 cm³/mol. The van der Waals surface area contributed by atoms with Gasteiger partial charge in [-0.3, -0.25) is 4.79 Å². The summed E-state index contributed by atoms with van der Waals surface area (Å²) in [6, 6.07) is 12.5. The normalized spacial score (nSPS) is 16.5. The van der Waals surface area contributed by atoms with Crippen molar-refractivity contribution in [1.29, 1.82) is 0 Å². The van der Waals surface area contributed by atoms with Gasteiger partial charge in [-0.25, -0.2) is 9.79 Å². The number of aliphatic imine (C=N–C) groups is 1. The number of fused-ring (bicyclic) bond motifs is 1. The lowest BCUT2D eigenvalue weighted by Gasteiger charge is -2.33. The Morgan fingerprint density at radius 2 is 1.89 bits per heavy atom. The summed E-state index contributed by atoms with van der Waals surface area (Å²) in [5.74, 6) is 0.182. The highest BCUT2D eigenvalue weighted by atomic mass is 32.2. The van der Waals surface area contributed by atoms with Crippen LogP contribution in [0.2, 0.25) is 0 Å². The van der Waals surface area contributed by atoms with Crippen molar-refractivity contribution in [1.82, 2.24) is 4.90 Å². The first-order valence-corrected chi connectivity index (χ1v) is 12.0. The number of amidine groups is 1. The molecule has 1 N–H and O–H groups in total. The van der Waals surface area contributed by atoms with Crippen LogP contribution in [0.15, 0.2) is 70.3 Å². The Kier molecular flexibility index (Phi) is 7.45. The Hall–Kier alpha value is -3.72. The molecule has 2 aromatic carbocycles. The molecule has 0 aliphatic carbocycles. The van der Waals surface area contributed by atoms with Gasteiger partial charge in [0.1, 0.15) is 0 Å². The third kappa shape index (κ3) is 5.35. The molecule has 2 aromatic rings. The third-order valence-electron chi connectivity index (χ3n) is 5.51. The molecule has 2 heterocycles. The average molecular weight is 494 g/mol. The van der Waals surface area contributed by atoms with Gasteiger partial charge in [0.05, 0.1) is 31.0 Å². The van der Waals surface area contributed by atoms with Crippen LogP contribution in [0, 0.1) is 6.92 Å². The van der Waals surface area contributed by atoms with Crippen LogP contribution in [0.3, 0.4) is 0 Å². The second-order valence-electron chi connectivity index (χ2n) is 7.94. The third-order valence-corrected chi connectivity index (χ3v) is 6.28. The van der Waals surface area contributed by atoms with Gasteiger partial charge in [0, 0.05) is 11.9 Å². The number of hydrogen-bond donors (Lipinski definition) is 1. The highest BCUT2D eigenvalue weighted by Crippen LogP contribution is 2.43. The molecule has 2 aliphatic rings. The maximum absolute atomic E-state index is 12.8. The fourth-order valence-electron chi connectivity index (χ4n) is 3.85. The summed E-state index contributed by atoms with van der Waals surface area (Å²) >= 11 is 1.49. The number of ether oxygens (including phenoxy) is 3. The van der Waals surface area contributed by atoms with E-state index in [1.807, 2.05) is 66.8 Å². The van der Waals surface area contributed by atoms with E-state index in [0.717, 1.165) is 16.3 Å². The highest BCUT2D eigenvalue weighted by Gasteiger charge is 2.37. The molecule has 0 aromatic heterocycles. The number of hydrogen-bond acceptors (Lipinski definition) is 8. The lowest BCUT2D eigenvalue weighted by Crippen LogP contribution is -2.34. The number of amides is 1. The van der Waals surface area contributed by atoms with Crippen molar-refractivity contribution < 1.29 is 23.8 Å². The molecule has 4 rings (SSSR count). The molecule has 0 saturated heterocycles. The molecule has 8 nitrogen and oxygen atoms in total. The van der Waals surface area contributed by atoms with Crippen molar-refractivity contribution in [3.63, 3.8) is 0 Å². The van der Waals surface area contributed by atoms with Crippen LogP contribution in [-0.2, 0) is 14.3 Å². The van der Waals surface area contributed by atoms with Gasteiger partial charge < -0.3 is 24.4 Å². The Labute approximate surface area is 208 Å². The number of anilines is 1. The number of rotatable bonds is 8. The maximum atomic E-state index is 12.8. The van der Waals surface area contributed by atoms with Gasteiger partial charge in [0.15, 0.2) is 23.3 Å². The summed E-state index contributed by atoms with van der Waals surface area (Å²) in [6.07, 6.45) is 1.89. The van der Waals surface area contributed by atoms with Crippen molar-refractivity contribution in [2.75, 3.05) is 25.6 Å². The summed E-state index contributed by atoms with van der Waals surface area (Å²) in [6.45, 7) is 5.66. The highest BCUT2D eigenvalue weighted by molar-refractivity contribution is 8.16. The first-order valence-electron chi connectivity index (χ1n) is 11.2. The van der Waals surface area contributed by atoms with Gasteiger partial charge in [0.25, 0.3) is 5.91 Å².